The SMILES string of the molecule is COCCC(C)(C)Cn1nnnc1-c1cc(Cl)ccc1N. The Hall–Kier alpha value is -1.66. The number of nitrogen functional groups attached to an aromatic ring is 1. The monoisotopic (exact) mass is 309 g/mol. The van der Waals surface area contributed by atoms with Crippen LogP contribution in [0.2, 0.25) is 5.02 Å². The van der Waals surface area contributed by atoms with Crippen LogP contribution in [0, 0.1) is 5.41 Å². The Kier molecular flexibility index (Phi) is 4.80. The molecule has 0 aliphatic heterocycles. The summed E-state index contributed by atoms with van der Waals surface area (Å²) in [7, 11) is 1.70. The van der Waals surface area contributed by atoms with Crippen molar-refractivity contribution in [2.24, 2.45) is 5.41 Å². The fourth-order valence-electron chi connectivity index (χ4n) is 2.09. The van der Waals surface area contributed by atoms with Gasteiger partial charge in [-0.25, -0.2) is 4.68 Å². The lowest BCUT2D eigenvalue weighted by molar-refractivity contribution is 0.140. The van der Waals surface area contributed by atoms with Crippen molar-refractivity contribution in [1.29, 1.82) is 0 Å². The largest absolute Gasteiger partial charge is 0.398 e. The van der Waals surface area contributed by atoms with Crippen LogP contribution in [0.1, 0.15) is 20.3 Å². The molecule has 114 valence electrons. The zero-order valence-corrected chi connectivity index (χ0v) is 13.3. The van der Waals surface area contributed by atoms with E-state index in [1.54, 1.807) is 30.0 Å². The number of hydrogen-bond donors (Lipinski definition) is 1. The Morgan fingerprint density at radius 3 is 2.86 bits per heavy atom. The van der Waals surface area contributed by atoms with Gasteiger partial charge in [0.15, 0.2) is 5.82 Å². The molecule has 1 heterocycles. The van der Waals surface area contributed by atoms with Gasteiger partial charge in [-0.15, -0.1) is 5.10 Å². The van der Waals surface area contributed by atoms with Gasteiger partial charge >= 0.3 is 0 Å². The molecule has 0 unspecified atom stereocenters. The zero-order chi connectivity index (χ0) is 15.5. The maximum Gasteiger partial charge on any atom is 0.184 e. The van der Waals surface area contributed by atoms with Crippen LogP contribution in [0.25, 0.3) is 11.4 Å². The summed E-state index contributed by atoms with van der Waals surface area (Å²) in [4.78, 5) is 0. The number of methoxy groups -OCH3 is 1. The number of aromatic nitrogens is 4. The van der Waals surface area contributed by atoms with E-state index in [0.29, 0.717) is 29.7 Å². The molecule has 0 aliphatic rings. The van der Waals surface area contributed by atoms with Gasteiger partial charge in [-0.1, -0.05) is 25.4 Å². The van der Waals surface area contributed by atoms with E-state index in [-0.39, 0.29) is 5.41 Å². The Balaban J connectivity index is 2.28. The van der Waals surface area contributed by atoms with Crippen LogP contribution >= 0.6 is 11.6 Å². The molecule has 1 aromatic carbocycles. The van der Waals surface area contributed by atoms with Gasteiger partial charge < -0.3 is 10.5 Å². The van der Waals surface area contributed by atoms with Crippen molar-refractivity contribution in [2.45, 2.75) is 26.8 Å². The molecular formula is C14H20ClN5O. The maximum absolute atomic E-state index is 6.04. The van der Waals surface area contributed by atoms with Crippen molar-refractivity contribution in [3.05, 3.63) is 23.2 Å². The number of nitrogens with two attached hydrogens (primary N) is 1. The minimum Gasteiger partial charge on any atom is -0.398 e. The first-order valence-corrected chi connectivity index (χ1v) is 7.11. The summed E-state index contributed by atoms with van der Waals surface area (Å²) in [5.41, 5.74) is 7.36. The fourth-order valence-corrected chi connectivity index (χ4v) is 2.26. The Labute approximate surface area is 129 Å². The van der Waals surface area contributed by atoms with E-state index in [2.05, 4.69) is 29.4 Å². The summed E-state index contributed by atoms with van der Waals surface area (Å²) in [5, 5.41) is 12.5. The van der Waals surface area contributed by atoms with Crippen molar-refractivity contribution in [3.63, 3.8) is 0 Å². The molecule has 0 atom stereocenters. The van der Waals surface area contributed by atoms with Crippen LogP contribution in [0.15, 0.2) is 18.2 Å². The highest BCUT2D eigenvalue weighted by atomic mass is 35.5. The molecule has 0 spiro atoms. The second-order valence-corrected chi connectivity index (χ2v) is 6.24. The molecule has 0 bridgehead atoms. The predicted octanol–water partition coefficient (Wildman–Crippen LogP) is 2.64. The molecular weight excluding hydrogens is 290 g/mol. The molecule has 0 fully saturated rings. The minimum atomic E-state index is 0.00742. The van der Waals surface area contributed by atoms with Crippen molar-refractivity contribution in [3.8, 4) is 11.4 Å². The van der Waals surface area contributed by atoms with Crippen LogP contribution in [-0.4, -0.2) is 33.9 Å². The molecule has 0 saturated heterocycles. The highest BCUT2D eigenvalue weighted by Gasteiger charge is 2.22. The number of nitrogens with zero attached hydrogens (tertiary/aromatic N) is 4. The number of hydrogen-bond acceptors (Lipinski definition) is 5. The van der Waals surface area contributed by atoms with Crippen LogP contribution in [0.4, 0.5) is 5.69 Å². The summed E-state index contributed by atoms with van der Waals surface area (Å²) < 4.78 is 6.91. The van der Waals surface area contributed by atoms with Gasteiger partial charge in [0.1, 0.15) is 0 Å². The first kappa shape index (κ1) is 15.7. The third-order valence-electron chi connectivity index (χ3n) is 3.35. The molecule has 0 radical (unpaired) electrons. The average molecular weight is 310 g/mol. The molecule has 2 N–H and O–H groups in total. The van der Waals surface area contributed by atoms with Gasteiger partial charge in [-0.05, 0) is 40.5 Å². The number of tetrazole rings is 1. The number of ether oxygens (including phenoxy) is 1. The fraction of sp³-hybridized carbons (Fsp3) is 0.500. The van der Waals surface area contributed by atoms with Crippen LogP contribution in [0.5, 0.6) is 0 Å². The first-order valence-electron chi connectivity index (χ1n) is 6.73. The quantitative estimate of drug-likeness (QED) is 0.830. The van der Waals surface area contributed by atoms with Gasteiger partial charge in [-0.2, -0.15) is 0 Å². The summed E-state index contributed by atoms with van der Waals surface area (Å²) >= 11 is 6.04. The van der Waals surface area contributed by atoms with Crippen molar-refractivity contribution in [1.82, 2.24) is 20.2 Å². The summed E-state index contributed by atoms with van der Waals surface area (Å²) in [6.45, 7) is 5.67. The average Bonchev–Trinajstić information content (AvgIpc) is 2.86. The number of benzene rings is 1. The number of halogens is 1. The Morgan fingerprint density at radius 2 is 2.14 bits per heavy atom. The van der Waals surface area contributed by atoms with Gasteiger partial charge in [0.2, 0.25) is 0 Å². The Bertz CT molecular complexity index is 611. The predicted molar refractivity (Wildman–Crippen MR) is 82.9 cm³/mol. The second kappa shape index (κ2) is 6.41. The van der Waals surface area contributed by atoms with Crippen LogP contribution < -0.4 is 5.73 Å². The molecule has 6 nitrogen and oxygen atoms in total. The minimum absolute atomic E-state index is 0.00742. The van der Waals surface area contributed by atoms with E-state index in [0.717, 1.165) is 12.0 Å². The standard InChI is InChI=1S/C14H20ClN5O/c1-14(2,6-7-21-3)9-20-13(17-18-19-20)11-8-10(15)4-5-12(11)16/h4-5,8H,6-7,9,16H2,1-3H3. The lowest BCUT2D eigenvalue weighted by Gasteiger charge is -2.24. The van der Waals surface area contributed by atoms with Crippen LogP contribution in [0.3, 0.4) is 0 Å². The molecule has 0 saturated carbocycles. The van der Waals surface area contributed by atoms with E-state index in [1.165, 1.54) is 0 Å². The topological polar surface area (TPSA) is 78.8 Å². The second-order valence-electron chi connectivity index (χ2n) is 5.80. The van der Waals surface area contributed by atoms with E-state index in [4.69, 9.17) is 22.1 Å². The van der Waals surface area contributed by atoms with Gasteiger partial charge in [0.25, 0.3) is 0 Å². The van der Waals surface area contributed by atoms with Gasteiger partial charge in [0, 0.05) is 30.0 Å². The lowest BCUT2D eigenvalue weighted by Crippen LogP contribution is -2.23. The molecule has 2 rings (SSSR count). The highest BCUT2D eigenvalue weighted by Crippen LogP contribution is 2.29. The maximum atomic E-state index is 6.04. The molecule has 2 aromatic rings. The summed E-state index contributed by atoms with van der Waals surface area (Å²) in [6.07, 6.45) is 0.911. The van der Waals surface area contributed by atoms with Gasteiger partial charge in [-0.3, -0.25) is 0 Å². The molecule has 0 amide bonds. The molecule has 21 heavy (non-hydrogen) atoms. The first-order chi connectivity index (χ1) is 9.93. The zero-order valence-electron chi connectivity index (χ0n) is 12.5. The van der Waals surface area contributed by atoms with Crippen LogP contribution in [-0.2, 0) is 11.3 Å². The summed E-state index contributed by atoms with van der Waals surface area (Å²) in [6, 6.07) is 5.28. The molecule has 1 aromatic heterocycles. The number of rotatable bonds is 6. The normalized spacial score (nSPS) is 11.8. The molecule has 0 aliphatic carbocycles. The third kappa shape index (κ3) is 3.92. The van der Waals surface area contributed by atoms with Gasteiger partial charge in [0.05, 0.1) is 6.54 Å². The van der Waals surface area contributed by atoms with Crippen molar-refractivity contribution in [2.75, 3.05) is 19.5 Å². The van der Waals surface area contributed by atoms with E-state index in [1.807, 2.05) is 0 Å². The van der Waals surface area contributed by atoms with E-state index >= 15 is 0 Å². The summed E-state index contributed by atoms with van der Waals surface area (Å²) in [5.74, 6) is 0.625. The lowest BCUT2D eigenvalue weighted by atomic mass is 9.89. The highest BCUT2D eigenvalue weighted by molar-refractivity contribution is 6.31. The van der Waals surface area contributed by atoms with Crippen molar-refractivity contribution >= 4 is 17.3 Å². The van der Waals surface area contributed by atoms with Crippen molar-refractivity contribution < 1.29 is 4.74 Å². The van der Waals surface area contributed by atoms with E-state index < -0.39 is 0 Å². The third-order valence-corrected chi connectivity index (χ3v) is 3.58. The smallest absolute Gasteiger partial charge is 0.184 e. The van der Waals surface area contributed by atoms with E-state index in [9.17, 15) is 0 Å². The Morgan fingerprint density at radius 1 is 1.38 bits per heavy atom. The molecule has 7 heteroatoms. The number of anilines is 1.